The van der Waals surface area contributed by atoms with Crippen molar-refractivity contribution in [2.45, 2.75) is 50.5 Å². The Morgan fingerprint density at radius 3 is 2.28 bits per heavy atom. The van der Waals surface area contributed by atoms with Crippen molar-refractivity contribution < 1.29 is 5.11 Å². The summed E-state index contributed by atoms with van der Waals surface area (Å²) in [5, 5.41) is 9.80. The Hall–Kier alpha value is -2.35. The van der Waals surface area contributed by atoms with Gasteiger partial charge in [0.05, 0.1) is 6.61 Å². The van der Waals surface area contributed by atoms with Crippen LogP contribution in [-0.4, -0.2) is 34.8 Å². The fraction of sp³-hybridized carbons (Fsp3) is 0.667. The number of aliphatic hydroxyl groups excluding tert-OH is 1. The lowest BCUT2D eigenvalue weighted by Crippen LogP contribution is -2.49. The van der Waals surface area contributed by atoms with E-state index in [0.717, 1.165) is 22.3 Å². The van der Waals surface area contributed by atoms with E-state index in [2.05, 4.69) is 10.8 Å². The molecule has 4 aliphatic rings. The first kappa shape index (κ1) is 17.5. The topological polar surface area (TPSA) is 86.5 Å². The molecule has 0 aromatic carbocycles. The van der Waals surface area contributed by atoms with Gasteiger partial charge in [0.2, 0.25) is 5.78 Å². The average Bonchev–Trinajstić information content (AvgIpc) is 3.21. The van der Waals surface area contributed by atoms with E-state index in [0.29, 0.717) is 23.5 Å². The molecule has 29 heavy (non-hydrogen) atoms. The van der Waals surface area contributed by atoms with Gasteiger partial charge in [0.25, 0.3) is 5.56 Å². The number of hydrogen-bond acceptors (Lipinski definition) is 4. The molecular formula is C21H27N5O3. The molecule has 8 nitrogen and oxygen atoms in total. The van der Waals surface area contributed by atoms with Gasteiger partial charge >= 0.3 is 5.69 Å². The molecule has 4 saturated carbocycles. The van der Waals surface area contributed by atoms with Crippen LogP contribution in [-0.2, 0) is 26.1 Å². The Morgan fingerprint density at radius 2 is 1.69 bits per heavy atom. The van der Waals surface area contributed by atoms with Crippen LogP contribution in [0.4, 0.5) is 0 Å². The highest BCUT2D eigenvalue weighted by Crippen LogP contribution is 2.60. The van der Waals surface area contributed by atoms with E-state index >= 15 is 0 Å². The van der Waals surface area contributed by atoms with Crippen LogP contribution in [0.1, 0.15) is 44.2 Å². The molecule has 154 valence electrons. The van der Waals surface area contributed by atoms with Crippen molar-refractivity contribution in [1.82, 2.24) is 23.1 Å². The van der Waals surface area contributed by atoms with E-state index in [9.17, 15) is 14.7 Å². The maximum absolute atomic E-state index is 12.9. The summed E-state index contributed by atoms with van der Waals surface area (Å²) in [5.74, 6) is 3.06. The van der Waals surface area contributed by atoms with Gasteiger partial charge in [-0.1, -0.05) is 0 Å². The zero-order chi connectivity index (χ0) is 20.1. The minimum atomic E-state index is -0.377. The molecule has 3 aromatic heterocycles. The Kier molecular flexibility index (Phi) is 3.39. The summed E-state index contributed by atoms with van der Waals surface area (Å²) in [6.45, 7) is 0.467. The van der Waals surface area contributed by atoms with E-state index in [1.807, 2.05) is 4.40 Å². The summed E-state index contributed by atoms with van der Waals surface area (Å²) in [5.41, 5.74) is 1.48. The van der Waals surface area contributed by atoms with Crippen LogP contribution in [0.2, 0.25) is 0 Å². The molecule has 8 heteroatoms. The summed E-state index contributed by atoms with van der Waals surface area (Å²) < 4.78 is 6.54. The van der Waals surface area contributed by atoms with Crippen LogP contribution >= 0.6 is 0 Å². The predicted molar refractivity (Wildman–Crippen MR) is 108 cm³/mol. The van der Waals surface area contributed by atoms with Gasteiger partial charge in [-0.25, -0.2) is 4.79 Å². The van der Waals surface area contributed by atoms with Gasteiger partial charge in [-0.15, -0.1) is 0 Å². The van der Waals surface area contributed by atoms with E-state index < -0.39 is 0 Å². The molecule has 3 aromatic rings. The smallest absolute Gasteiger partial charge is 0.332 e. The summed E-state index contributed by atoms with van der Waals surface area (Å²) in [6, 6.07) is 0. The van der Waals surface area contributed by atoms with Crippen molar-refractivity contribution in [2.24, 2.45) is 31.8 Å². The van der Waals surface area contributed by atoms with Gasteiger partial charge in [0, 0.05) is 37.9 Å². The van der Waals surface area contributed by atoms with Crippen molar-refractivity contribution in [3.05, 3.63) is 32.7 Å². The average molecular weight is 397 g/mol. The molecule has 0 aliphatic heterocycles. The van der Waals surface area contributed by atoms with Crippen LogP contribution in [0.15, 0.2) is 15.8 Å². The molecule has 0 atom stereocenters. The molecular weight excluding hydrogens is 370 g/mol. The first-order chi connectivity index (χ1) is 13.9. The van der Waals surface area contributed by atoms with Gasteiger partial charge in [-0.2, -0.15) is 4.98 Å². The molecule has 1 N–H and O–H groups in total. The maximum atomic E-state index is 12.9. The Morgan fingerprint density at radius 1 is 1.07 bits per heavy atom. The minimum absolute atomic E-state index is 0.0177. The molecule has 4 fully saturated rings. The Balaban J connectivity index is 1.65. The van der Waals surface area contributed by atoms with Crippen molar-refractivity contribution >= 4 is 16.9 Å². The number of aryl methyl sites for hydroxylation is 1. The highest BCUT2D eigenvalue weighted by Gasteiger charge is 2.53. The van der Waals surface area contributed by atoms with Crippen LogP contribution in [0, 0.1) is 17.8 Å². The zero-order valence-corrected chi connectivity index (χ0v) is 17.0. The molecule has 0 radical (unpaired) electrons. The lowest BCUT2D eigenvalue weighted by atomic mass is 9.49. The third kappa shape index (κ3) is 2.15. The normalized spacial score (nSPS) is 30.8. The minimum Gasteiger partial charge on any atom is -0.395 e. The van der Waals surface area contributed by atoms with Crippen LogP contribution in [0.3, 0.4) is 0 Å². The van der Waals surface area contributed by atoms with E-state index in [1.165, 1.54) is 55.8 Å². The van der Waals surface area contributed by atoms with Crippen molar-refractivity contribution in [3.63, 3.8) is 0 Å². The molecule has 4 aliphatic carbocycles. The largest absolute Gasteiger partial charge is 0.395 e. The third-order valence-electron chi connectivity index (χ3n) is 7.96. The predicted octanol–water partition coefficient (Wildman–Crippen LogP) is 1.15. The Bertz CT molecular complexity index is 1240. The van der Waals surface area contributed by atoms with Crippen molar-refractivity contribution in [1.29, 1.82) is 0 Å². The van der Waals surface area contributed by atoms with E-state index in [-0.39, 0.29) is 23.3 Å². The number of aromatic nitrogens is 5. The number of imidazole rings is 2. The summed E-state index contributed by atoms with van der Waals surface area (Å²) in [4.78, 5) is 30.0. The lowest BCUT2D eigenvalue weighted by Gasteiger charge is -2.56. The van der Waals surface area contributed by atoms with E-state index in [1.54, 1.807) is 7.05 Å². The van der Waals surface area contributed by atoms with Crippen LogP contribution in [0.5, 0.6) is 0 Å². The highest BCUT2D eigenvalue weighted by molar-refractivity contribution is 5.75. The number of fused-ring (bicyclic) bond motifs is 3. The van der Waals surface area contributed by atoms with Crippen molar-refractivity contribution in [2.75, 3.05) is 6.61 Å². The number of aliphatic hydroxyl groups is 1. The van der Waals surface area contributed by atoms with Crippen LogP contribution in [0.25, 0.3) is 16.9 Å². The first-order valence-electron chi connectivity index (χ1n) is 10.7. The molecule has 0 amide bonds. The fourth-order valence-corrected chi connectivity index (χ4v) is 7.18. The molecule has 0 saturated heterocycles. The monoisotopic (exact) mass is 397 g/mol. The van der Waals surface area contributed by atoms with Gasteiger partial charge in [0.15, 0.2) is 11.2 Å². The summed E-state index contributed by atoms with van der Waals surface area (Å²) in [7, 11) is 3.15. The fourth-order valence-electron chi connectivity index (χ4n) is 7.18. The highest BCUT2D eigenvalue weighted by atomic mass is 16.3. The number of rotatable bonds is 3. The van der Waals surface area contributed by atoms with Crippen molar-refractivity contribution in [3.8, 4) is 0 Å². The van der Waals surface area contributed by atoms with Gasteiger partial charge in [-0.05, 0) is 56.3 Å². The second-order valence-electron chi connectivity index (χ2n) is 9.75. The number of nitrogens with zero attached hydrogens (tertiary/aromatic N) is 5. The summed E-state index contributed by atoms with van der Waals surface area (Å²) >= 11 is 0. The molecule has 7 rings (SSSR count). The van der Waals surface area contributed by atoms with Crippen LogP contribution < -0.4 is 11.2 Å². The first-order valence-corrected chi connectivity index (χ1v) is 10.7. The quantitative estimate of drug-likeness (QED) is 0.718. The zero-order valence-electron chi connectivity index (χ0n) is 17.0. The molecule has 0 spiro atoms. The van der Waals surface area contributed by atoms with Gasteiger partial charge in [0.1, 0.15) is 0 Å². The SMILES string of the molecule is Cn1c(=O)c2c(nc3n(CCO)c(C45CC6CC(CC(C6)C4)C5)cn23)n(C)c1=O. The second-order valence-corrected chi connectivity index (χ2v) is 9.75. The second kappa shape index (κ2) is 5.62. The molecule has 0 unspecified atom stereocenters. The maximum Gasteiger partial charge on any atom is 0.332 e. The third-order valence-corrected chi connectivity index (χ3v) is 7.96. The lowest BCUT2D eigenvalue weighted by molar-refractivity contribution is -0.00894. The van der Waals surface area contributed by atoms with Gasteiger partial charge in [-0.3, -0.25) is 18.3 Å². The number of hydrogen-bond donors (Lipinski definition) is 1. The standard InChI is InChI=1S/C21H27N5O3/c1-23-17-16(18(28)24(2)20(23)29)26-11-15(25(3-4-27)19(26)22-17)21-8-12-5-13(9-21)7-14(6-12)10-21/h11-14,27H,3-10H2,1-2H3. The van der Waals surface area contributed by atoms with Gasteiger partial charge < -0.3 is 9.67 Å². The Labute approximate surface area is 167 Å². The van der Waals surface area contributed by atoms with E-state index in [4.69, 9.17) is 4.98 Å². The summed E-state index contributed by atoms with van der Waals surface area (Å²) in [6.07, 6.45) is 9.78. The molecule has 3 heterocycles. The molecule has 4 bridgehead atoms.